The first-order chi connectivity index (χ1) is 12.4. The third-order valence-corrected chi connectivity index (χ3v) is 4.59. The van der Waals surface area contributed by atoms with E-state index in [1.54, 1.807) is 17.2 Å². The smallest absolute Gasteiger partial charge is 0.246 e. The summed E-state index contributed by atoms with van der Waals surface area (Å²) in [5.74, 6) is 0.114. The van der Waals surface area contributed by atoms with Crippen molar-refractivity contribution >= 4 is 28.8 Å². The van der Waals surface area contributed by atoms with Crippen molar-refractivity contribution in [1.82, 2.24) is 14.8 Å². The van der Waals surface area contributed by atoms with Gasteiger partial charge in [0.15, 0.2) is 0 Å². The number of piperazine rings is 1. The summed E-state index contributed by atoms with van der Waals surface area (Å²) in [6.45, 7) is 8.09. The van der Waals surface area contributed by atoms with Crippen molar-refractivity contribution < 1.29 is 9.59 Å². The second-order valence-corrected chi connectivity index (χ2v) is 7.62. The van der Waals surface area contributed by atoms with Crippen LogP contribution in [0, 0.1) is 5.41 Å². The van der Waals surface area contributed by atoms with E-state index in [1.807, 2.05) is 62.1 Å². The fourth-order valence-corrected chi connectivity index (χ4v) is 3.13. The molecule has 1 aliphatic heterocycles. The number of hydrogen-bond donors (Lipinski definition) is 0. The molecule has 0 radical (unpaired) electrons. The van der Waals surface area contributed by atoms with Crippen molar-refractivity contribution in [2.75, 3.05) is 26.2 Å². The Labute approximate surface area is 154 Å². The van der Waals surface area contributed by atoms with E-state index >= 15 is 0 Å². The first-order valence-corrected chi connectivity index (χ1v) is 8.96. The maximum atomic E-state index is 12.5. The normalized spacial score (nSPS) is 15.7. The van der Waals surface area contributed by atoms with Crippen molar-refractivity contribution in [1.29, 1.82) is 0 Å². The third kappa shape index (κ3) is 3.93. The second kappa shape index (κ2) is 7.28. The van der Waals surface area contributed by atoms with Gasteiger partial charge in [-0.3, -0.25) is 14.6 Å². The minimum absolute atomic E-state index is 0.0270. The third-order valence-electron chi connectivity index (χ3n) is 4.59. The van der Waals surface area contributed by atoms with Crippen molar-refractivity contribution in [3.8, 4) is 0 Å². The first kappa shape index (κ1) is 18.1. The number of fused-ring (bicyclic) bond motifs is 1. The van der Waals surface area contributed by atoms with Crippen molar-refractivity contribution in [2.45, 2.75) is 20.8 Å². The Morgan fingerprint density at radius 3 is 2.35 bits per heavy atom. The molecule has 26 heavy (non-hydrogen) atoms. The molecule has 5 heteroatoms. The van der Waals surface area contributed by atoms with Gasteiger partial charge in [0, 0.05) is 54.8 Å². The molecule has 2 heterocycles. The van der Waals surface area contributed by atoms with Gasteiger partial charge in [0.2, 0.25) is 11.8 Å². The summed E-state index contributed by atoms with van der Waals surface area (Å²) in [7, 11) is 0. The number of pyridine rings is 1. The molecule has 1 saturated heterocycles. The minimum Gasteiger partial charge on any atom is -0.339 e. The number of aromatic nitrogens is 1. The number of para-hydroxylation sites is 1. The monoisotopic (exact) mass is 351 g/mol. The van der Waals surface area contributed by atoms with Gasteiger partial charge in [-0.15, -0.1) is 0 Å². The Bertz CT molecular complexity index is 838. The molecule has 0 atom stereocenters. The average molecular weight is 351 g/mol. The predicted octanol–water partition coefficient (Wildman–Crippen LogP) is 2.96. The molecule has 1 aliphatic rings. The van der Waals surface area contributed by atoms with E-state index < -0.39 is 0 Å². The van der Waals surface area contributed by atoms with Crippen LogP contribution < -0.4 is 0 Å². The summed E-state index contributed by atoms with van der Waals surface area (Å²) in [6.07, 6.45) is 5.18. The molecule has 2 amide bonds. The van der Waals surface area contributed by atoms with Crippen LogP contribution in [0.5, 0.6) is 0 Å². The number of hydrogen-bond acceptors (Lipinski definition) is 3. The fraction of sp³-hybridized carbons (Fsp3) is 0.381. The number of rotatable bonds is 2. The van der Waals surface area contributed by atoms with Crippen LogP contribution in [0.2, 0.25) is 0 Å². The molecule has 0 unspecified atom stereocenters. The maximum absolute atomic E-state index is 12.5. The lowest BCUT2D eigenvalue weighted by molar-refractivity contribution is -0.143. The summed E-state index contributed by atoms with van der Waals surface area (Å²) in [4.78, 5) is 32.9. The van der Waals surface area contributed by atoms with E-state index in [1.165, 1.54) is 0 Å². The van der Waals surface area contributed by atoms with Gasteiger partial charge in [-0.25, -0.2) is 0 Å². The van der Waals surface area contributed by atoms with Crippen LogP contribution in [0.15, 0.2) is 42.6 Å². The molecule has 5 nitrogen and oxygen atoms in total. The number of carbonyl (C=O) groups excluding carboxylic acids is 2. The summed E-state index contributed by atoms with van der Waals surface area (Å²) in [5, 5.41) is 1.05. The van der Waals surface area contributed by atoms with Gasteiger partial charge < -0.3 is 9.80 Å². The van der Waals surface area contributed by atoms with E-state index in [-0.39, 0.29) is 17.2 Å². The van der Waals surface area contributed by atoms with Crippen molar-refractivity contribution in [3.63, 3.8) is 0 Å². The molecule has 1 fully saturated rings. The van der Waals surface area contributed by atoms with Crippen LogP contribution >= 0.6 is 0 Å². The lowest BCUT2D eigenvalue weighted by atomic mass is 9.94. The van der Waals surface area contributed by atoms with Crippen LogP contribution in [0.25, 0.3) is 17.0 Å². The average Bonchev–Trinajstić information content (AvgIpc) is 2.65. The quantitative estimate of drug-likeness (QED) is 0.782. The molecular formula is C21H25N3O2. The highest BCUT2D eigenvalue weighted by Crippen LogP contribution is 2.19. The van der Waals surface area contributed by atoms with E-state index in [0.29, 0.717) is 26.2 Å². The van der Waals surface area contributed by atoms with E-state index in [2.05, 4.69) is 4.98 Å². The largest absolute Gasteiger partial charge is 0.339 e. The van der Waals surface area contributed by atoms with Crippen LogP contribution in [0.4, 0.5) is 0 Å². The molecule has 136 valence electrons. The lowest BCUT2D eigenvalue weighted by Crippen LogP contribution is -2.52. The zero-order chi connectivity index (χ0) is 18.7. The fourth-order valence-electron chi connectivity index (χ4n) is 3.13. The van der Waals surface area contributed by atoms with Gasteiger partial charge in [-0.05, 0) is 12.1 Å². The number of nitrogens with zero attached hydrogens (tertiary/aromatic N) is 3. The molecule has 0 bridgehead atoms. The molecule has 1 aromatic carbocycles. The highest BCUT2D eigenvalue weighted by atomic mass is 16.2. The first-order valence-electron chi connectivity index (χ1n) is 8.96. The molecule has 0 N–H and O–H groups in total. The number of amides is 2. The minimum atomic E-state index is -0.382. The SMILES string of the molecule is CC(C)(C)C(=O)N1CCN(C(=O)/C=C/c2cccc3cccnc23)CC1. The summed E-state index contributed by atoms with van der Waals surface area (Å²) < 4.78 is 0. The summed E-state index contributed by atoms with van der Waals surface area (Å²) >= 11 is 0. The van der Waals surface area contributed by atoms with Crippen molar-refractivity contribution in [2.24, 2.45) is 5.41 Å². The van der Waals surface area contributed by atoms with Crippen LogP contribution in [-0.4, -0.2) is 52.8 Å². The van der Waals surface area contributed by atoms with Crippen LogP contribution in [0.1, 0.15) is 26.3 Å². The Balaban J connectivity index is 1.64. The Morgan fingerprint density at radius 2 is 1.65 bits per heavy atom. The lowest BCUT2D eigenvalue weighted by Gasteiger charge is -2.37. The number of benzene rings is 1. The van der Waals surface area contributed by atoms with E-state index in [0.717, 1.165) is 16.5 Å². The standard InChI is InChI=1S/C21H25N3O2/c1-21(2,3)20(26)24-14-12-23(13-15-24)18(25)10-9-17-7-4-6-16-8-5-11-22-19(16)17/h4-11H,12-15H2,1-3H3/b10-9+. The van der Waals surface area contributed by atoms with Gasteiger partial charge >= 0.3 is 0 Å². The van der Waals surface area contributed by atoms with Gasteiger partial charge in [0.25, 0.3) is 0 Å². The van der Waals surface area contributed by atoms with Gasteiger partial charge in [-0.1, -0.05) is 45.0 Å². The van der Waals surface area contributed by atoms with Gasteiger partial charge in [0.05, 0.1) is 5.52 Å². The van der Waals surface area contributed by atoms with Gasteiger partial charge in [-0.2, -0.15) is 0 Å². The summed E-state index contributed by atoms with van der Waals surface area (Å²) in [6, 6.07) is 9.84. The molecule has 2 aromatic rings. The molecule has 0 saturated carbocycles. The molecule has 3 rings (SSSR count). The zero-order valence-corrected chi connectivity index (χ0v) is 15.6. The molecule has 0 aliphatic carbocycles. The highest BCUT2D eigenvalue weighted by Gasteiger charge is 2.30. The number of carbonyl (C=O) groups is 2. The molecular weight excluding hydrogens is 326 g/mol. The van der Waals surface area contributed by atoms with E-state index in [4.69, 9.17) is 0 Å². The zero-order valence-electron chi connectivity index (χ0n) is 15.6. The topological polar surface area (TPSA) is 53.5 Å². The van der Waals surface area contributed by atoms with Crippen molar-refractivity contribution in [3.05, 3.63) is 48.2 Å². The Kier molecular flexibility index (Phi) is 5.07. The van der Waals surface area contributed by atoms with E-state index in [9.17, 15) is 9.59 Å². The highest BCUT2D eigenvalue weighted by molar-refractivity contribution is 5.95. The van der Waals surface area contributed by atoms with Crippen LogP contribution in [-0.2, 0) is 9.59 Å². The molecule has 0 spiro atoms. The Morgan fingerprint density at radius 1 is 1.00 bits per heavy atom. The van der Waals surface area contributed by atoms with Gasteiger partial charge in [0.1, 0.15) is 0 Å². The van der Waals surface area contributed by atoms with Crippen LogP contribution in [0.3, 0.4) is 0 Å². The molecule has 1 aromatic heterocycles. The maximum Gasteiger partial charge on any atom is 0.246 e. The second-order valence-electron chi connectivity index (χ2n) is 7.62. The Hall–Kier alpha value is -2.69. The summed E-state index contributed by atoms with van der Waals surface area (Å²) in [5.41, 5.74) is 1.44. The predicted molar refractivity (Wildman–Crippen MR) is 103 cm³/mol.